The molecule has 3 heteroatoms. The molecule has 0 aromatic carbocycles. The van der Waals surface area contributed by atoms with Gasteiger partial charge >= 0.3 is 0 Å². The first kappa shape index (κ1) is 9.62. The zero-order chi connectivity index (χ0) is 11.3. The minimum atomic E-state index is -0.691. The topological polar surface area (TPSA) is 48.1 Å². The summed E-state index contributed by atoms with van der Waals surface area (Å²) in [5.41, 5.74) is 6.58. The summed E-state index contributed by atoms with van der Waals surface area (Å²) in [6.07, 6.45) is 3.31. The molecule has 0 saturated heterocycles. The molecule has 0 spiro atoms. The van der Waals surface area contributed by atoms with Crippen LogP contribution in [0.3, 0.4) is 0 Å². The Morgan fingerprint density at radius 2 is 2.43 bits per heavy atom. The van der Waals surface area contributed by atoms with E-state index in [1.807, 2.05) is 19.9 Å². The molecule has 1 rings (SSSR count). The Morgan fingerprint density at radius 3 is 3.00 bits per heavy atom. The Balaban J connectivity index is 2.40. The number of hydrogen-bond donors (Lipinski definition) is 1. The number of ether oxygens (including phenoxy) is 1. The van der Waals surface area contributed by atoms with Gasteiger partial charge in [-0.25, -0.2) is 0 Å². The third-order valence-corrected chi connectivity index (χ3v) is 2.05. The number of aromatic nitrogens is 1. The minimum Gasteiger partial charge on any atom is -0.375 e. The average Bonchev–Trinajstić information content (AvgIpc) is 2.26. The van der Waals surface area contributed by atoms with Crippen LogP contribution in [0.1, 0.15) is 20.8 Å². The van der Waals surface area contributed by atoms with E-state index >= 15 is 0 Å². The monoisotopic (exact) mass is 195 g/mol. The molecule has 0 aliphatic heterocycles. The van der Waals surface area contributed by atoms with Crippen LogP contribution in [0.25, 0.3) is 0 Å². The summed E-state index contributed by atoms with van der Waals surface area (Å²) in [6.45, 7) is 3.79. The lowest BCUT2D eigenvalue weighted by atomic mass is 10.1. The number of pyridine rings is 1. The van der Waals surface area contributed by atoms with Crippen LogP contribution in [0.2, 0.25) is 0 Å². The zero-order valence-electron chi connectivity index (χ0n) is 9.68. The second-order valence-corrected chi connectivity index (χ2v) is 3.65. The molecule has 1 unspecified atom stereocenters. The van der Waals surface area contributed by atoms with Gasteiger partial charge in [-0.2, -0.15) is 0 Å². The van der Waals surface area contributed by atoms with Crippen LogP contribution in [0.15, 0.2) is 24.5 Å². The molecule has 0 bridgehead atoms. The van der Waals surface area contributed by atoms with Gasteiger partial charge in [0.1, 0.15) is 0 Å². The van der Waals surface area contributed by atoms with Crippen molar-refractivity contribution in [3.8, 4) is 0 Å². The van der Waals surface area contributed by atoms with E-state index in [2.05, 4.69) is 4.98 Å². The van der Waals surface area contributed by atoms with Crippen molar-refractivity contribution in [1.82, 2.24) is 4.98 Å². The van der Waals surface area contributed by atoms with Gasteiger partial charge in [-0.05, 0) is 17.5 Å². The number of hydrogen-bond acceptors (Lipinski definition) is 3. The molecule has 78 valence electrons. The minimum absolute atomic E-state index is 0.0190. The molecule has 1 heterocycles. The Labute approximate surface area is 86.7 Å². The van der Waals surface area contributed by atoms with Crippen LogP contribution in [-0.2, 0) is 11.3 Å². The van der Waals surface area contributed by atoms with Gasteiger partial charge in [-0.1, -0.05) is 19.9 Å². The molecular weight excluding hydrogens is 176 g/mol. The molecule has 14 heavy (non-hydrogen) atoms. The Bertz CT molecular complexity index is 279. The summed E-state index contributed by atoms with van der Waals surface area (Å²) < 4.78 is 13.1. The Morgan fingerprint density at radius 1 is 1.64 bits per heavy atom. The molecule has 0 aliphatic rings. The molecule has 0 aliphatic carbocycles. The van der Waals surface area contributed by atoms with E-state index in [1.54, 1.807) is 18.5 Å². The second kappa shape index (κ2) is 5.73. The maximum Gasteiger partial charge on any atom is 0.0732 e. The van der Waals surface area contributed by atoms with Gasteiger partial charge in [-0.3, -0.25) is 4.98 Å². The summed E-state index contributed by atoms with van der Waals surface area (Å²) >= 11 is 0. The van der Waals surface area contributed by atoms with Crippen molar-refractivity contribution in [3.63, 3.8) is 0 Å². The summed E-state index contributed by atoms with van der Waals surface area (Å²) in [6, 6.07) is 3.60. The van der Waals surface area contributed by atoms with Crippen molar-refractivity contribution in [2.75, 3.05) is 6.61 Å². The highest BCUT2D eigenvalue weighted by Gasteiger charge is 2.06. The lowest BCUT2D eigenvalue weighted by Gasteiger charge is -2.15. The second-order valence-electron chi connectivity index (χ2n) is 3.65. The molecule has 0 fully saturated rings. The fourth-order valence-corrected chi connectivity index (χ4v) is 0.894. The molecule has 0 amide bonds. The van der Waals surface area contributed by atoms with Crippen molar-refractivity contribution in [2.45, 2.75) is 26.5 Å². The maximum atomic E-state index is 7.73. The van der Waals surface area contributed by atoms with Gasteiger partial charge in [0, 0.05) is 18.4 Å². The van der Waals surface area contributed by atoms with Crippen molar-refractivity contribution < 1.29 is 6.11 Å². The smallest absolute Gasteiger partial charge is 0.0732 e. The molecule has 3 nitrogen and oxygen atoms in total. The molecule has 0 radical (unpaired) electrons. The van der Waals surface area contributed by atoms with Gasteiger partial charge in [-0.15, -0.1) is 0 Å². The van der Waals surface area contributed by atoms with Crippen molar-refractivity contribution in [3.05, 3.63) is 30.1 Å². The van der Waals surface area contributed by atoms with E-state index in [4.69, 9.17) is 11.8 Å². The summed E-state index contributed by atoms with van der Waals surface area (Å²) in [4.78, 5) is 3.94. The van der Waals surface area contributed by atoms with E-state index in [0.717, 1.165) is 5.56 Å². The first-order valence-corrected chi connectivity index (χ1v) is 4.80. The molecule has 1 aromatic rings. The first-order valence-electron chi connectivity index (χ1n) is 5.38. The predicted octanol–water partition coefficient (Wildman–Crippen LogP) is 1.58. The standard InChI is InChI=1S/C11H18N2O/c1-9(2)11(12)8-14-7-10-4-3-5-13-6-10/h3-6,9,11H,7-8,12H2,1-2H3/t11-/m1/s1/i7D/t7?,11-. The van der Waals surface area contributed by atoms with E-state index in [-0.39, 0.29) is 6.04 Å². The lowest BCUT2D eigenvalue weighted by molar-refractivity contribution is 0.0971. The summed E-state index contributed by atoms with van der Waals surface area (Å²) in [5.74, 6) is 0.367. The van der Waals surface area contributed by atoms with E-state index in [9.17, 15) is 0 Å². The number of nitrogens with two attached hydrogens (primary N) is 1. The van der Waals surface area contributed by atoms with Crippen LogP contribution >= 0.6 is 0 Å². The van der Waals surface area contributed by atoms with E-state index < -0.39 is 6.58 Å². The van der Waals surface area contributed by atoms with Gasteiger partial charge in [0.05, 0.1) is 14.6 Å². The van der Waals surface area contributed by atoms with Gasteiger partial charge in [0.2, 0.25) is 0 Å². The van der Waals surface area contributed by atoms with Crippen LogP contribution in [0, 0.1) is 5.92 Å². The van der Waals surface area contributed by atoms with Crippen molar-refractivity contribution >= 4 is 0 Å². The maximum absolute atomic E-state index is 7.73. The third kappa shape index (κ3) is 3.85. The van der Waals surface area contributed by atoms with E-state index in [1.165, 1.54) is 0 Å². The average molecular weight is 195 g/mol. The van der Waals surface area contributed by atoms with Gasteiger partial charge in [0.25, 0.3) is 0 Å². The highest BCUT2D eigenvalue weighted by molar-refractivity contribution is 5.06. The van der Waals surface area contributed by atoms with Gasteiger partial charge in [0.15, 0.2) is 0 Å². The lowest BCUT2D eigenvalue weighted by Crippen LogP contribution is -2.31. The fraction of sp³-hybridized carbons (Fsp3) is 0.545. The van der Waals surface area contributed by atoms with Crippen molar-refractivity contribution in [1.29, 1.82) is 0 Å². The first-order chi connectivity index (χ1) is 7.11. The Kier molecular flexibility index (Phi) is 3.93. The molecular formula is C11H18N2O. The number of nitrogens with zero attached hydrogens (tertiary/aromatic N) is 1. The summed E-state index contributed by atoms with van der Waals surface area (Å²) in [7, 11) is 0. The van der Waals surface area contributed by atoms with Crippen LogP contribution in [0.4, 0.5) is 0 Å². The highest BCUT2D eigenvalue weighted by atomic mass is 16.5. The largest absolute Gasteiger partial charge is 0.375 e. The highest BCUT2D eigenvalue weighted by Crippen LogP contribution is 2.02. The van der Waals surface area contributed by atoms with Crippen molar-refractivity contribution in [2.24, 2.45) is 11.7 Å². The Hall–Kier alpha value is -0.930. The normalized spacial score (nSPS) is 16.4. The molecule has 0 saturated carbocycles. The van der Waals surface area contributed by atoms with Gasteiger partial charge < -0.3 is 10.5 Å². The van der Waals surface area contributed by atoms with Crippen LogP contribution < -0.4 is 5.73 Å². The molecule has 2 N–H and O–H groups in total. The number of rotatable bonds is 5. The summed E-state index contributed by atoms with van der Waals surface area (Å²) in [5, 5.41) is 0. The molecule has 2 atom stereocenters. The fourth-order valence-electron chi connectivity index (χ4n) is 0.894. The predicted molar refractivity (Wildman–Crippen MR) is 56.7 cm³/mol. The SMILES string of the molecule is [2H]C(OC[C@@H](N)C(C)C)c1cccnc1. The van der Waals surface area contributed by atoms with Crippen LogP contribution in [0.5, 0.6) is 0 Å². The molecule has 1 aromatic heterocycles. The quantitative estimate of drug-likeness (QED) is 0.776. The van der Waals surface area contributed by atoms with Crippen LogP contribution in [-0.4, -0.2) is 17.6 Å². The third-order valence-electron chi connectivity index (χ3n) is 2.05. The zero-order valence-corrected chi connectivity index (χ0v) is 8.68. The van der Waals surface area contributed by atoms with E-state index in [0.29, 0.717) is 12.5 Å².